The summed E-state index contributed by atoms with van der Waals surface area (Å²) in [6.45, 7) is 6.41. The number of aromatic nitrogens is 2. The Morgan fingerprint density at radius 3 is 2.23 bits per heavy atom. The van der Waals surface area contributed by atoms with Gasteiger partial charge in [-0.25, -0.2) is 16.8 Å². The fraction of sp³-hybridized carbons (Fsp3) is 0.571. The molecule has 11 nitrogen and oxygen atoms in total. The van der Waals surface area contributed by atoms with Gasteiger partial charge in [0, 0.05) is 55.9 Å². The minimum atomic E-state index is -3.95. The lowest BCUT2D eigenvalue weighted by atomic mass is 9.98. The molecule has 1 amide bonds. The summed E-state index contributed by atoms with van der Waals surface area (Å²) in [6.07, 6.45) is 1.17. The van der Waals surface area contributed by atoms with Crippen LogP contribution in [-0.2, 0) is 23.9 Å². The highest BCUT2D eigenvalue weighted by Gasteiger charge is 2.36. The number of hydrogen-bond acceptors (Lipinski definition) is 9. The van der Waals surface area contributed by atoms with Crippen molar-refractivity contribution >= 4 is 41.7 Å². The summed E-state index contributed by atoms with van der Waals surface area (Å²) in [7, 11) is -2.52. The van der Waals surface area contributed by atoms with Gasteiger partial charge in [0.2, 0.25) is 15.9 Å². The topological polar surface area (TPSA) is 134 Å². The summed E-state index contributed by atoms with van der Waals surface area (Å²) in [5, 5.41) is 3.98. The monoisotopic (exact) mass is 545 g/mol. The smallest absolute Gasteiger partial charge is 0.324 e. The maximum Gasteiger partial charge on any atom is 0.324 e. The number of nitrogens with zero attached hydrogens (tertiary/aromatic N) is 5. The van der Waals surface area contributed by atoms with E-state index in [0.29, 0.717) is 57.4 Å². The molecule has 2 fully saturated rings. The number of halogens is 1. The molecule has 1 aromatic carbocycles. The van der Waals surface area contributed by atoms with E-state index in [-0.39, 0.29) is 28.2 Å². The minimum absolute atomic E-state index is 0.0383. The molecule has 0 saturated carbocycles. The van der Waals surface area contributed by atoms with Crippen molar-refractivity contribution in [3.8, 4) is 0 Å². The van der Waals surface area contributed by atoms with Crippen LogP contribution >= 0.6 is 10.7 Å². The lowest BCUT2D eigenvalue weighted by Crippen LogP contribution is -2.53. The molecule has 2 saturated heterocycles. The van der Waals surface area contributed by atoms with E-state index in [0.717, 1.165) is 12.1 Å². The third-order valence-electron chi connectivity index (χ3n) is 6.29. The van der Waals surface area contributed by atoms with E-state index < -0.39 is 25.0 Å². The van der Waals surface area contributed by atoms with Gasteiger partial charge in [-0.3, -0.25) is 4.79 Å². The van der Waals surface area contributed by atoms with Crippen LogP contribution in [0.25, 0.3) is 0 Å². The van der Waals surface area contributed by atoms with Crippen LogP contribution in [0, 0.1) is 5.92 Å². The Morgan fingerprint density at radius 2 is 1.66 bits per heavy atom. The molecular formula is C21H28ClN5O6S2. The zero-order valence-electron chi connectivity index (χ0n) is 19.5. The average Bonchev–Trinajstić information content (AvgIpc) is 3.34. The normalized spacial score (nSPS) is 20.4. The molecule has 35 heavy (non-hydrogen) atoms. The standard InChI is InChI=1S/C21H28ClN5O6S2/c1-15(2)19-23-21(33-24-19)26-12-10-25(11-13-26)20(28)16-4-3-9-27(14-16)35(31,32)18-7-5-17(6-8-18)34(22,29)30/h5-8,15-16H,3-4,9-14H2,1-2H3/t16-/m1/s1. The summed E-state index contributed by atoms with van der Waals surface area (Å²) >= 11 is 0. The summed E-state index contributed by atoms with van der Waals surface area (Å²) in [6, 6.07) is 5.21. The van der Waals surface area contributed by atoms with Crippen LogP contribution in [-0.4, -0.2) is 81.4 Å². The van der Waals surface area contributed by atoms with Crippen molar-refractivity contribution in [2.24, 2.45) is 5.92 Å². The summed E-state index contributed by atoms with van der Waals surface area (Å²) in [5.74, 6) is 0.290. The van der Waals surface area contributed by atoms with Crippen molar-refractivity contribution in [1.29, 1.82) is 0 Å². The number of rotatable bonds is 6. The van der Waals surface area contributed by atoms with Crippen LogP contribution in [0.5, 0.6) is 0 Å². The second-order valence-corrected chi connectivity index (χ2v) is 13.5. The third kappa shape index (κ3) is 5.63. The van der Waals surface area contributed by atoms with E-state index >= 15 is 0 Å². The highest BCUT2D eigenvalue weighted by atomic mass is 35.7. The molecule has 3 heterocycles. The first-order valence-corrected chi connectivity index (χ1v) is 15.1. The molecule has 1 aromatic heterocycles. The number of piperidine rings is 1. The molecule has 2 aliphatic rings. The van der Waals surface area contributed by atoms with Gasteiger partial charge in [0.25, 0.3) is 9.05 Å². The molecule has 0 radical (unpaired) electrons. The number of amides is 1. The maximum atomic E-state index is 13.2. The van der Waals surface area contributed by atoms with Crippen LogP contribution < -0.4 is 4.90 Å². The lowest BCUT2D eigenvalue weighted by molar-refractivity contribution is -0.137. The number of carbonyl (C=O) groups is 1. The van der Waals surface area contributed by atoms with Crippen molar-refractivity contribution in [2.45, 2.75) is 42.4 Å². The van der Waals surface area contributed by atoms with Crippen molar-refractivity contribution in [1.82, 2.24) is 19.3 Å². The van der Waals surface area contributed by atoms with Gasteiger partial charge in [0.15, 0.2) is 5.82 Å². The number of anilines is 1. The van der Waals surface area contributed by atoms with Gasteiger partial charge in [-0.05, 0) is 37.1 Å². The Morgan fingerprint density at radius 1 is 1.03 bits per heavy atom. The summed E-state index contributed by atoms with van der Waals surface area (Å²) < 4.78 is 55.8. The molecular weight excluding hydrogens is 518 g/mol. The van der Waals surface area contributed by atoms with Crippen molar-refractivity contribution < 1.29 is 26.2 Å². The van der Waals surface area contributed by atoms with E-state index in [9.17, 15) is 21.6 Å². The van der Waals surface area contributed by atoms with Gasteiger partial charge in [-0.1, -0.05) is 19.0 Å². The Bertz CT molecular complexity index is 1270. The average molecular weight is 546 g/mol. The second kappa shape index (κ2) is 10.0. The largest absolute Gasteiger partial charge is 0.339 e. The zero-order chi connectivity index (χ0) is 25.4. The van der Waals surface area contributed by atoms with Gasteiger partial charge in [-0.15, -0.1) is 0 Å². The Balaban J connectivity index is 1.38. The quantitative estimate of drug-likeness (QED) is 0.498. The predicted molar refractivity (Wildman–Crippen MR) is 128 cm³/mol. The number of sulfonamides is 1. The molecule has 14 heteroatoms. The number of piperazine rings is 1. The minimum Gasteiger partial charge on any atom is -0.339 e. The van der Waals surface area contributed by atoms with Crippen molar-refractivity contribution in [2.75, 3.05) is 44.2 Å². The predicted octanol–water partition coefficient (Wildman–Crippen LogP) is 1.87. The summed E-state index contributed by atoms with van der Waals surface area (Å²) in [5.41, 5.74) is 0. The van der Waals surface area contributed by atoms with Crippen molar-refractivity contribution in [3.63, 3.8) is 0 Å². The van der Waals surface area contributed by atoms with E-state index in [4.69, 9.17) is 15.2 Å². The molecule has 0 bridgehead atoms. The van der Waals surface area contributed by atoms with Crippen molar-refractivity contribution in [3.05, 3.63) is 30.1 Å². The van der Waals surface area contributed by atoms with Gasteiger partial charge >= 0.3 is 6.01 Å². The van der Waals surface area contributed by atoms with E-state index in [1.54, 1.807) is 4.90 Å². The van der Waals surface area contributed by atoms with Crippen LogP contribution in [0.4, 0.5) is 6.01 Å². The fourth-order valence-electron chi connectivity index (χ4n) is 4.25. The van der Waals surface area contributed by atoms with Crippen LogP contribution in [0.15, 0.2) is 38.6 Å². The highest BCUT2D eigenvalue weighted by Crippen LogP contribution is 2.27. The Kier molecular flexibility index (Phi) is 7.41. The van der Waals surface area contributed by atoms with Crippen LogP contribution in [0.2, 0.25) is 0 Å². The second-order valence-electron chi connectivity index (χ2n) is 9.01. The van der Waals surface area contributed by atoms with Crippen LogP contribution in [0.3, 0.4) is 0 Å². The van der Waals surface area contributed by atoms with Gasteiger partial charge < -0.3 is 14.3 Å². The van der Waals surface area contributed by atoms with Crippen LogP contribution in [0.1, 0.15) is 38.4 Å². The fourth-order valence-corrected chi connectivity index (χ4v) is 6.54. The molecule has 192 valence electrons. The van der Waals surface area contributed by atoms with Gasteiger partial charge in [0.05, 0.1) is 15.7 Å². The number of carbonyl (C=O) groups excluding carboxylic acids is 1. The molecule has 0 spiro atoms. The number of hydrogen-bond donors (Lipinski definition) is 0. The number of benzene rings is 1. The Labute approximate surface area is 209 Å². The Hall–Kier alpha value is -2.22. The first kappa shape index (κ1) is 25.9. The first-order chi connectivity index (χ1) is 16.5. The zero-order valence-corrected chi connectivity index (χ0v) is 21.9. The highest BCUT2D eigenvalue weighted by molar-refractivity contribution is 8.13. The van der Waals surface area contributed by atoms with Gasteiger partial charge in [0.1, 0.15) is 0 Å². The maximum absolute atomic E-state index is 13.2. The van der Waals surface area contributed by atoms with E-state index in [2.05, 4.69) is 10.1 Å². The molecule has 0 aliphatic carbocycles. The molecule has 4 rings (SSSR count). The molecule has 1 atom stereocenters. The van der Waals surface area contributed by atoms with Gasteiger partial charge in [-0.2, -0.15) is 9.29 Å². The third-order valence-corrected chi connectivity index (χ3v) is 9.53. The molecule has 2 aromatic rings. The molecule has 0 unspecified atom stereocenters. The summed E-state index contributed by atoms with van der Waals surface area (Å²) in [4.78, 5) is 21.1. The molecule has 2 aliphatic heterocycles. The SMILES string of the molecule is CC(C)c1noc(N2CCN(C(=O)[C@@H]3CCCN(S(=O)(=O)c4ccc(S(=O)(=O)Cl)cc4)C3)CC2)n1. The van der Waals surface area contributed by atoms with E-state index in [1.807, 2.05) is 18.7 Å². The molecule has 0 N–H and O–H groups in total. The first-order valence-electron chi connectivity index (χ1n) is 11.4. The lowest BCUT2D eigenvalue weighted by Gasteiger charge is -2.38. The van der Waals surface area contributed by atoms with E-state index in [1.165, 1.54) is 16.4 Å².